The molecule has 5 nitrogen and oxygen atoms in total. The third kappa shape index (κ3) is 5.69. The molecular weight excluding hydrogens is 266 g/mol. The van der Waals surface area contributed by atoms with E-state index in [1.54, 1.807) is 0 Å². The topological polar surface area (TPSA) is 67.2 Å². The molecule has 1 aromatic carbocycles. The first-order valence-electron chi connectivity index (χ1n) is 7.26. The van der Waals surface area contributed by atoms with Gasteiger partial charge >= 0.3 is 5.97 Å². The van der Waals surface area contributed by atoms with Gasteiger partial charge in [0, 0.05) is 19.2 Å². The summed E-state index contributed by atoms with van der Waals surface area (Å²) in [5, 5.41) is 16.2. The fraction of sp³-hybridized carbons (Fsp3) is 0.375. The van der Waals surface area contributed by atoms with Gasteiger partial charge in [0.15, 0.2) is 0 Å². The normalized spacial score (nSPS) is 10.5. The molecule has 112 valence electrons. The number of aromatic nitrogens is 2. The van der Waals surface area contributed by atoms with E-state index in [0.29, 0.717) is 0 Å². The van der Waals surface area contributed by atoms with Gasteiger partial charge in [0.05, 0.1) is 18.4 Å². The van der Waals surface area contributed by atoms with Crippen LogP contribution in [0.15, 0.2) is 42.7 Å². The first-order valence-corrected chi connectivity index (χ1v) is 7.26. The standard InChI is InChI=1S/C16H21N3O2/c20-16(21)9-5-2-6-10-17-15-11-18-19(13-15)12-14-7-3-1-4-8-14/h1,3-4,7-8,11,13,17H,2,5-6,9-10,12H2,(H,20,21). The van der Waals surface area contributed by atoms with Gasteiger partial charge in [-0.15, -0.1) is 0 Å². The fourth-order valence-electron chi connectivity index (χ4n) is 2.12. The van der Waals surface area contributed by atoms with E-state index >= 15 is 0 Å². The molecule has 0 atom stereocenters. The minimum Gasteiger partial charge on any atom is -0.481 e. The van der Waals surface area contributed by atoms with Crippen molar-refractivity contribution in [3.8, 4) is 0 Å². The molecule has 0 spiro atoms. The Morgan fingerprint density at radius 3 is 2.76 bits per heavy atom. The molecule has 0 unspecified atom stereocenters. The summed E-state index contributed by atoms with van der Waals surface area (Å²) in [7, 11) is 0. The number of nitrogens with one attached hydrogen (secondary N) is 1. The van der Waals surface area contributed by atoms with Gasteiger partial charge in [0.25, 0.3) is 0 Å². The van der Waals surface area contributed by atoms with Crippen molar-refractivity contribution in [1.29, 1.82) is 0 Å². The van der Waals surface area contributed by atoms with E-state index in [1.165, 1.54) is 5.56 Å². The minimum atomic E-state index is -0.717. The van der Waals surface area contributed by atoms with Crippen LogP contribution in [-0.2, 0) is 11.3 Å². The number of carbonyl (C=O) groups is 1. The highest BCUT2D eigenvalue weighted by molar-refractivity contribution is 5.66. The van der Waals surface area contributed by atoms with Crippen LogP contribution in [0.4, 0.5) is 5.69 Å². The van der Waals surface area contributed by atoms with Crippen LogP contribution >= 0.6 is 0 Å². The third-order valence-corrected chi connectivity index (χ3v) is 3.22. The van der Waals surface area contributed by atoms with Crippen molar-refractivity contribution in [2.24, 2.45) is 0 Å². The van der Waals surface area contributed by atoms with E-state index in [2.05, 4.69) is 22.5 Å². The third-order valence-electron chi connectivity index (χ3n) is 3.22. The van der Waals surface area contributed by atoms with Crippen LogP contribution in [-0.4, -0.2) is 27.4 Å². The molecular formula is C16H21N3O2. The van der Waals surface area contributed by atoms with Gasteiger partial charge in [0.2, 0.25) is 0 Å². The molecule has 1 heterocycles. The second kappa shape index (κ2) is 8.09. The average Bonchev–Trinajstić information content (AvgIpc) is 2.91. The lowest BCUT2D eigenvalue weighted by molar-refractivity contribution is -0.137. The summed E-state index contributed by atoms with van der Waals surface area (Å²) in [4.78, 5) is 10.4. The fourth-order valence-corrected chi connectivity index (χ4v) is 2.12. The number of anilines is 1. The van der Waals surface area contributed by atoms with Gasteiger partial charge in [0.1, 0.15) is 0 Å². The van der Waals surface area contributed by atoms with Crippen LogP contribution in [0.25, 0.3) is 0 Å². The number of hydrogen-bond acceptors (Lipinski definition) is 3. The number of hydrogen-bond donors (Lipinski definition) is 2. The molecule has 21 heavy (non-hydrogen) atoms. The highest BCUT2D eigenvalue weighted by atomic mass is 16.4. The Hall–Kier alpha value is -2.30. The molecule has 0 bridgehead atoms. The number of aliphatic carboxylic acids is 1. The molecule has 2 aromatic rings. The van der Waals surface area contributed by atoms with Crippen LogP contribution in [0.1, 0.15) is 31.2 Å². The Morgan fingerprint density at radius 2 is 2.00 bits per heavy atom. The predicted molar refractivity (Wildman–Crippen MR) is 82.4 cm³/mol. The Balaban J connectivity index is 1.67. The smallest absolute Gasteiger partial charge is 0.303 e. The van der Waals surface area contributed by atoms with E-state index in [4.69, 9.17) is 5.11 Å². The predicted octanol–water partition coefficient (Wildman–Crippen LogP) is 2.99. The van der Waals surface area contributed by atoms with E-state index in [1.807, 2.05) is 35.3 Å². The van der Waals surface area contributed by atoms with Gasteiger partial charge in [-0.1, -0.05) is 36.8 Å². The van der Waals surface area contributed by atoms with E-state index in [-0.39, 0.29) is 6.42 Å². The first-order chi connectivity index (χ1) is 10.2. The lowest BCUT2D eigenvalue weighted by Crippen LogP contribution is -2.02. The molecule has 0 fully saturated rings. The van der Waals surface area contributed by atoms with Crippen molar-refractivity contribution in [3.05, 3.63) is 48.3 Å². The summed E-state index contributed by atoms with van der Waals surface area (Å²) >= 11 is 0. The summed E-state index contributed by atoms with van der Waals surface area (Å²) in [6.07, 6.45) is 6.71. The number of rotatable bonds is 9. The summed E-state index contributed by atoms with van der Waals surface area (Å²) in [6.45, 7) is 1.61. The maximum absolute atomic E-state index is 10.4. The number of carboxylic acids is 1. The molecule has 2 N–H and O–H groups in total. The zero-order chi connectivity index (χ0) is 14.9. The highest BCUT2D eigenvalue weighted by Gasteiger charge is 2.00. The molecule has 0 aliphatic heterocycles. The zero-order valence-electron chi connectivity index (χ0n) is 12.0. The van der Waals surface area contributed by atoms with Crippen LogP contribution in [0, 0.1) is 0 Å². The van der Waals surface area contributed by atoms with Crippen molar-refractivity contribution in [1.82, 2.24) is 9.78 Å². The zero-order valence-corrected chi connectivity index (χ0v) is 12.0. The molecule has 2 rings (SSSR count). The first kappa shape index (κ1) is 15.1. The second-order valence-corrected chi connectivity index (χ2v) is 5.04. The molecule has 0 amide bonds. The lowest BCUT2D eigenvalue weighted by Gasteiger charge is -2.03. The lowest BCUT2D eigenvalue weighted by atomic mass is 10.2. The van der Waals surface area contributed by atoms with Crippen molar-refractivity contribution < 1.29 is 9.90 Å². The number of nitrogens with zero attached hydrogens (tertiary/aromatic N) is 2. The Labute approximate surface area is 124 Å². The second-order valence-electron chi connectivity index (χ2n) is 5.04. The molecule has 0 saturated heterocycles. The van der Waals surface area contributed by atoms with Crippen molar-refractivity contribution in [3.63, 3.8) is 0 Å². The molecule has 0 aliphatic rings. The summed E-state index contributed by atoms with van der Waals surface area (Å²) in [5.41, 5.74) is 2.23. The summed E-state index contributed by atoms with van der Waals surface area (Å²) in [6, 6.07) is 10.2. The monoisotopic (exact) mass is 287 g/mol. The van der Waals surface area contributed by atoms with Gasteiger partial charge in [-0.25, -0.2) is 0 Å². The number of benzene rings is 1. The summed E-state index contributed by atoms with van der Waals surface area (Å²) in [5.74, 6) is -0.717. The van der Waals surface area contributed by atoms with Crippen molar-refractivity contribution in [2.75, 3.05) is 11.9 Å². The molecule has 5 heteroatoms. The average molecular weight is 287 g/mol. The van der Waals surface area contributed by atoms with Crippen LogP contribution in [0.2, 0.25) is 0 Å². The maximum Gasteiger partial charge on any atom is 0.303 e. The SMILES string of the molecule is O=C(O)CCCCCNc1cnn(Cc2ccccc2)c1. The number of unbranched alkanes of at least 4 members (excludes halogenated alkanes) is 2. The maximum atomic E-state index is 10.4. The van der Waals surface area contributed by atoms with E-state index in [0.717, 1.165) is 38.0 Å². The quantitative estimate of drug-likeness (QED) is 0.696. The van der Waals surface area contributed by atoms with E-state index < -0.39 is 5.97 Å². The van der Waals surface area contributed by atoms with Crippen LogP contribution < -0.4 is 5.32 Å². The van der Waals surface area contributed by atoms with Crippen molar-refractivity contribution >= 4 is 11.7 Å². The van der Waals surface area contributed by atoms with Gasteiger partial charge in [-0.3, -0.25) is 9.48 Å². The molecule has 0 radical (unpaired) electrons. The van der Waals surface area contributed by atoms with Gasteiger partial charge < -0.3 is 10.4 Å². The van der Waals surface area contributed by atoms with Crippen LogP contribution in [0.3, 0.4) is 0 Å². The van der Waals surface area contributed by atoms with Gasteiger partial charge in [-0.05, 0) is 18.4 Å². The highest BCUT2D eigenvalue weighted by Crippen LogP contribution is 2.08. The Kier molecular flexibility index (Phi) is 5.82. The van der Waals surface area contributed by atoms with Crippen LogP contribution in [0.5, 0.6) is 0 Å². The minimum absolute atomic E-state index is 0.259. The molecule has 0 aliphatic carbocycles. The van der Waals surface area contributed by atoms with E-state index in [9.17, 15) is 4.79 Å². The molecule has 0 saturated carbocycles. The Morgan fingerprint density at radius 1 is 1.19 bits per heavy atom. The summed E-state index contributed by atoms with van der Waals surface area (Å²) < 4.78 is 1.90. The van der Waals surface area contributed by atoms with Gasteiger partial charge in [-0.2, -0.15) is 5.10 Å². The largest absolute Gasteiger partial charge is 0.481 e. The Bertz CT molecular complexity index is 552. The molecule has 1 aromatic heterocycles. The van der Waals surface area contributed by atoms with Crippen molar-refractivity contribution in [2.45, 2.75) is 32.2 Å². The number of carboxylic acid groups (broad SMARTS) is 1.